The monoisotopic (exact) mass is 428 g/mol. The van der Waals surface area contributed by atoms with Gasteiger partial charge in [-0.3, -0.25) is 9.59 Å². The maximum atomic E-state index is 13.0. The molecular weight excluding hydrogens is 412 g/mol. The lowest BCUT2D eigenvalue weighted by Gasteiger charge is -2.37. The van der Waals surface area contributed by atoms with Crippen molar-refractivity contribution in [1.82, 2.24) is 9.21 Å². The van der Waals surface area contributed by atoms with Crippen molar-refractivity contribution in [2.45, 2.75) is 17.2 Å². The van der Waals surface area contributed by atoms with E-state index in [0.717, 1.165) is 26.1 Å². The lowest BCUT2D eigenvalue weighted by molar-refractivity contribution is -0.145. The number of aliphatic carboxylic acids is 1. The summed E-state index contributed by atoms with van der Waals surface area (Å²) in [5.41, 5.74) is 0.821. The molecule has 1 unspecified atom stereocenters. The van der Waals surface area contributed by atoms with Gasteiger partial charge in [-0.15, -0.1) is 11.3 Å². The number of benzene rings is 1. The van der Waals surface area contributed by atoms with Crippen molar-refractivity contribution in [3.05, 3.63) is 41.4 Å². The Balaban J connectivity index is 1.90. The number of hydrogen-bond donors (Lipinski definition) is 1. The van der Waals surface area contributed by atoms with E-state index in [1.165, 1.54) is 17.9 Å². The minimum Gasteiger partial charge on any atom is -0.480 e. The third kappa shape index (κ3) is 4.01. The van der Waals surface area contributed by atoms with E-state index in [0.29, 0.717) is 5.02 Å². The SMILES string of the molecule is CC(=O)N1CCN(S(=O)(=O)c2ccc(-c3ccc(Cl)cc3)s2)C(C(=O)O)C1. The smallest absolute Gasteiger partial charge is 0.323 e. The summed E-state index contributed by atoms with van der Waals surface area (Å²) in [6.07, 6.45) is 0. The van der Waals surface area contributed by atoms with Crippen LogP contribution in [0.2, 0.25) is 5.02 Å². The molecule has 0 spiro atoms. The van der Waals surface area contributed by atoms with E-state index < -0.39 is 22.0 Å². The molecule has 1 atom stereocenters. The maximum absolute atomic E-state index is 13.0. The number of sulfonamides is 1. The zero-order chi connectivity index (χ0) is 19.8. The van der Waals surface area contributed by atoms with E-state index in [-0.39, 0.29) is 29.8 Å². The van der Waals surface area contributed by atoms with Crippen LogP contribution >= 0.6 is 22.9 Å². The van der Waals surface area contributed by atoms with Gasteiger partial charge in [0.25, 0.3) is 10.0 Å². The number of carbonyl (C=O) groups excluding carboxylic acids is 1. The van der Waals surface area contributed by atoms with Gasteiger partial charge in [-0.2, -0.15) is 4.31 Å². The van der Waals surface area contributed by atoms with Crippen LogP contribution < -0.4 is 0 Å². The van der Waals surface area contributed by atoms with E-state index in [9.17, 15) is 23.1 Å². The van der Waals surface area contributed by atoms with E-state index in [1.54, 1.807) is 30.3 Å². The second-order valence-corrected chi connectivity index (χ2v) is 9.70. The highest BCUT2D eigenvalue weighted by Gasteiger charge is 2.41. The quantitative estimate of drug-likeness (QED) is 0.806. The number of thiophene rings is 1. The lowest BCUT2D eigenvalue weighted by atomic mass is 10.2. The summed E-state index contributed by atoms with van der Waals surface area (Å²) in [6.45, 7) is 1.26. The van der Waals surface area contributed by atoms with Crippen molar-refractivity contribution in [2.75, 3.05) is 19.6 Å². The summed E-state index contributed by atoms with van der Waals surface area (Å²) in [7, 11) is -3.99. The second kappa shape index (κ2) is 7.59. The van der Waals surface area contributed by atoms with Gasteiger partial charge in [-0.25, -0.2) is 8.42 Å². The number of amides is 1. The summed E-state index contributed by atoms with van der Waals surface area (Å²) < 4.78 is 27.1. The van der Waals surface area contributed by atoms with Crippen LogP contribution in [0.1, 0.15) is 6.92 Å². The molecule has 2 aromatic rings. The normalized spacial score (nSPS) is 18.4. The predicted molar refractivity (Wildman–Crippen MR) is 102 cm³/mol. The summed E-state index contributed by atoms with van der Waals surface area (Å²) >= 11 is 6.94. The highest BCUT2D eigenvalue weighted by Crippen LogP contribution is 2.34. The molecule has 144 valence electrons. The molecule has 1 aromatic heterocycles. The number of carboxylic acid groups (broad SMARTS) is 1. The maximum Gasteiger partial charge on any atom is 0.323 e. The van der Waals surface area contributed by atoms with Gasteiger partial charge < -0.3 is 10.0 Å². The Morgan fingerprint density at radius 3 is 2.41 bits per heavy atom. The molecular formula is C17H17ClN2O5S2. The molecule has 1 amide bonds. The average Bonchev–Trinajstić information content (AvgIpc) is 3.12. The van der Waals surface area contributed by atoms with Crippen molar-refractivity contribution in [2.24, 2.45) is 0 Å². The molecule has 1 fully saturated rings. The van der Waals surface area contributed by atoms with Crippen molar-refractivity contribution >= 4 is 44.8 Å². The molecule has 10 heteroatoms. The number of nitrogens with zero attached hydrogens (tertiary/aromatic N) is 2. The fourth-order valence-electron chi connectivity index (χ4n) is 2.88. The minimum absolute atomic E-state index is 0.0624. The van der Waals surface area contributed by atoms with Gasteiger partial charge in [0.05, 0.1) is 0 Å². The number of rotatable bonds is 4. The predicted octanol–water partition coefficient (Wildman–Crippen LogP) is 2.37. The van der Waals surface area contributed by atoms with Crippen LogP contribution in [0.5, 0.6) is 0 Å². The zero-order valence-corrected chi connectivity index (χ0v) is 16.7. The first-order valence-electron chi connectivity index (χ1n) is 8.06. The van der Waals surface area contributed by atoms with Crippen LogP contribution in [0.25, 0.3) is 10.4 Å². The van der Waals surface area contributed by atoms with Crippen molar-refractivity contribution in [3.63, 3.8) is 0 Å². The van der Waals surface area contributed by atoms with Crippen molar-refractivity contribution in [3.8, 4) is 10.4 Å². The Morgan fingerprint density at radius 2 is 1.81 bits per heavy atom. The Hall–Kier alpha value is -1.94. The van der Waals surface area contributed by atoms with Crippen LogP contribution in [-0.4, -0.2) is 60.3 Å². The molecule has 2 heterocycles. The molecule has 7 nitrogen and oxygen atoms in total. The van der Waals surface area contributed by atoms with E-state index >= 15 is 0 Å². The molecule has 1 saturated heterocycles. The summed E-state index contributed by atoms with van der Waals surface area (Å²) in [6, 6.07) is 8.85. The minimum atomic E-state index is -3.99. The van der Waals surface area contributed by atoms with Gasteiger partial charge in [0.2, 0.25) is 5.91 Å². The van der Waals surface area contributed by atoms with Gasteiger partial charge >= 0.3 is 5.97 Å². The van der Waals surface area contributed by atoms with Crippen LogP contribution in [0, 0.1) is 0 Å². The first-order valence-corrected chi connectivity index (χ1v) is 10.7. The lowest BCUT2D eigenvalue weighted by Crippen LogP contribution is -2.58. The topological polar surface area (TPSA) is 95.0 Å². The molecule has 0 aliphatic carbocycles. The third-order valence-electron chi connectivity index (χ3n) is 4.33. The molecule has 1 aliphatic heterocycles. The van der Waals surface area contributed by atoms with Crippen LogP contribution in [0.15, 0.2) is 40.6 Å². The van der Waals surface area contributed by atoms with Gasteiger partial charge in [-0.05, 0) is 29.8 Å². The Bertz CT molecular complexity index is 971. The highest BCUT2D eigenvalue weighted by molar-refractivity contribution is 7.91. The molecule has 27 heavy (non-hydrogen) atoms. The number of carbonyl (C=O) groups is 2. The van der Waals surface area contributed by atoms with Crippen LogP contribution in [0.4, 0.5) is 0 Å². The molecule has 1 N–H and O–H groups in total. The molecule has 1 aromatic carbocycles. The molecule has 3 rings (SSSR count). The number of hydrogen-bond acceptors (Lipinski definition) is 5. The standard InChI is InChI=1S/C17H17ClN2O5S2/c1-11(21)19-8-9-20(14(10-19)17(22)23)27(24,25)16-7-6-15(26-16)12-2-4-13(18)5-3-12/h2-7,14H,8-10H2,1H3,(H,22,23). The van der Waals surface area contributed by atoms with Gasteiger partial charge in [0, 0.05) is 36.5 Å². The fourth-order valence-corrected chi connectivity index (χ4v) is 6.02. The highest BCUT2D eigenvalue weighted by atomic mass is 35.5. The molecule has 1 aliphatic rings. The summed E-state index contributed by atoms with van der Waals surface area (Å²) in [5.74, 6) is -1.56. The average molecular weight is 429 g/mol. The van der Waals surface area contributed by atoms with Gasteiger partial charge in [0.15, 0.2) is 0 Å². The number of halogens is 1. The van der Waals surface area contributed by atoms with E-state index in [4.69, 9.17) is 11.6 Å². The first-order chi connectivity index (χ1) is 12.7. The number of piperazine rings is 1. The third-order valence-corrected chi connectivity index (χ3v) is 8.10. The van der Waals surface area contributed by atoms with E-state index in [1.807, 2.05) is 0 Å². The van der Waals surface area contributed by atoms with Gasteiger partial charge in [0.1, 0.15) is 10.3 Å². The fraction of sp³-hybridized carbons (Fsp3) is 0.294. The van der Waals surface area contributed by atoms with Crippen LogP contribution in [-0.2, 0) is 19.6 Å². The summed E-state index contributed by atoms with van der Waals surface area (Å²) in [4.78, 5) is 25.2. The largest absolute Gasteiger partial charge is 0.480 e. The summed E-state index contributed by atoms with van der Waals surface area (Å²) in [5, 5.41) is 10.1. The van der Waals surface area contributed by atoms with E-state index in [2.05, 4.69) is 0 Å². The zero-order valence-electron chi connectivity index (χ0n) is 14.3. The Labute approximate surface area is 165 Å². The second-order valence-electron chi connectivity index (χ2n) is 6.06. The first kappa shape index (κ1) is 19.8. The van der Waals surface area contributed by atoms with Gasteiger partial charge in [-0.1, -0.05) is 23.7 Å². The molecule has 0 saturated carbocycles. The molecule has 0 bridgehead atoms. The number of carboxylic acids is 1. The Kier molecular flexibility index (Phi) is 5.57. The Morgan fingerprint density at radius 1 is 1.15 bits per heavy atom. The van der Waals surface area contributed by atoms with Crippen molar-refractivity contribution in [1.29, 1.82) is 0 Å². The van der Waals surface area contributed by atoms with Crippen molar-refractivity contribution < 1.29 is 23.1 Å². The van der Waals surface area contributed by atoms with Crippen LogP contribution in [0.3, 0.4) is 0 Å². The molecule has 0 radical (unpaired) electrons.